The molecule has 3 aromatic rings. The Morgan fingerprint density at radius 3 is 2.66 bits per heavy atom. The maximum Gasteiger partial charge on any atom is 0.163 e. The van der Waals surface area contributed by atoms with Crippen LogP contribution < -0.4 is 15.4 Å². The van der Waals surface area contributed by atoms with Gasteiger partial charge in [-0.15, -0.1) is 0 Å². The first-order valence-corrected chi connectivity index (χ1v) is 12.1. The Kier molecular flexibility index (Phi) is 8.13. The van der Waals surface area contributed by atoms with Gasteiger partial charge in [-0.1, -0.05) is 28.4 Å². The molecule has 1 aliphatic rings. The van der Waals surface area contributed by atoms with Gasteiger partial charge in [-0.05, 0) is 51.9 Å². The molecular formula is C24H29Cl2N5O4. The van der Waals surface area contributed by atoms with Gasteiger partial charge in [0.2, 0.25) is 0 Å². The number of rotatable bonds is 10. The minimum Gasteiger partial charge on any atom is -0.491 e. The number of benzene rings is 1. The molecule has 0 amide bonds. The van der Waals surface area contributed by atoms with Gasteiger partial charge < -0.3 is 29.7 Å². The van der Waals surface area contributed by atoms with Crippen molar-refractivity contribution in [2.24, 2.45) is 0 Å². The number of methoxy groups -OCH3 is 1. The van der Waals surface area contributed by atoms with E-state index in [-0.39, 0.29) is 18.8 Å². The highest BCUT2D eigenvalue weighted by atomic mass is 35.5. The minimum atomic E-state index is -0.647. The molecule has 1 saturated carbocycles. The van der Waals surface area contributed by atoms with Gasteiger partial charge in [-0.25, -0.2) is 9.97 Å². The third-order valence-corrected chi connectivity index (χ3v) is 6.64. The van der Waals surface area contributed by atoms with Gasteiger partial charge in [0.1, 0.15) is 40.8 Å². The number of likely N-dealkylation sites (N-methyl/N-ethyl adjacent to an activating group) is 1. The number of aliphatic hydroxyl groups is 1. The minimum absolute atomic E-state index is 0.128. The number of hydrogen-bond donors (Lipinski definition) is 3. The van der Waals surface area contributed by atoms with E-state index in [9.17, 15) is 5.11 Å². The van der Waals surface area contributed by atoms with E-state index >= 15 is 0 Å². The van der Waals surface area contributed by atoms with Crippen LogP contribution in [0.4, 0.5) is 5.82 Å². The molecule has 188 valence electrons. The summed E-state index contributed by atoms with van der Waals surface area (Å²) >= 11 is 13.4. The lowest BCUT2D eigenvalue weighted by atomic mass is 9.89. The summed E-state index contributed by atoms with van der Waals surface area (Å²) in [5, 5.41) is 21.2. The fourth-order valence-corrected chi connectivity index (χ4v) is 4.41. The van der Waals surface area contributed by atoms with Gasteiger partial charge in [-0.3, -0.25) is 0 Å². The average molecular weight is 522 g/mol. The lowest BCUT2D eigenvalue weighted by Gasteiger charge is -2.35. The average Bonchev–Trinajstić information content (AvgIpc) is 3.14. The van der Waals surface area contributed by atoms with Crippen LogP contribution in [0.1, 0.15) is 24.3 Å². The molecule has 2 aromatic heterocycles. The van der Waals surface area contributed by atoms with Crippen molar-refractivity contribution in [3.05, 3.63) is 39.7 Å². The molecule has 2 heterocycles. The monoisotopic (exact) mass is 521 g/mol. The smallest absolute Gasteiger partial charge is 0.163 e. The van der Waals surface area contributed by atoms with Gasteiger partial charge in [0.15, 0.2) is 5.82 Å². The standard InChI is InChI=1S/C24H29Cl2N5O4/c1-12-20(13(2)35-31-12)22-21(26)24(28-14-7-17(8-14)33-4)30-23(29-22)18-9-16(5-6-19(18)25)34-11-15(32)10-27-3/h5-6,9,14-15,17,27,32H,7-8,10-11H2,1-4H3,(H,28,29,30)/t14?,15-,17?/m1/s1. The number of anilines is 1. The summed E-state index contributed by atoms with van der Waals surface area (Å²) < 4.78 is 16.5. The number of ether oxygens (including phenoxy) is 2. The molecule has 0 radical (unpaired) electrons. The quantitative estimate of drug-likeness (QED) is 0.359. The van der Waals surface area contributed by atoms with Gasteiger partial charge in [0.05, 0.1) is 22.4 Å². The summed E-state index contributed by atoms with van der Waals surface area (Å²) in [6.07, 6.45) is 1.28. The molecule has 4 rings (SSSR count). The number of nitrogens with one attached hydrogen (secondary N) is 2. The maximum atomic E-state index is 9.98. The second-order valence-electron chi connectivity index (χ2n) is 8.59. The third kappa shape index (κ3) is 5.70. The van der Waals surface area contributed by atoms with Gasteiger partial charge in [-0.2, -0.15) is 0 Å². The van der Waals surface area contributed by atoms with Crippen molar-refractivity contribution in [2.45, 2.75) is 44.9 Å². The Labute approximate surface area is 214 Å². The Bertz CT molecular complexity index is 1160. The summed E-state index contributed by atoms with van der Waals surface area (Å²) in [7, 11) is 3.48. The van der Waals surface area contributed by atoms with Gasteiger partial charge in [0.25, 0.3) is 0 Å². The van der Waals surface area contributed by atoms with Crippen LogP contribution in [0, 0.1) is 13.8 Å². The second-order valence-corrected chi connectivity index (χ2v) is 9.38. The van der Waals surface area contributed by atoms with Crippen molar-refractivity contribution >= 4 is 29.0 Å². The zero-order valence-electron chi connectivity index (χ0n) is 20.1. The Balaban J connectivity index is 1.73. The highest BCUT2D eigenvalue weighted by molar-refractivity contribution is 6.35. The zero-order chi connectivity index (χ0) is 25.1. The van der Waals surface area contributed by atoms with E-state index in [1.165, 1.54) is 0 Å². The van der Waals surface area contributed by atoms with Gasteiger partial charge >= 0.3 is 0 Å². The first-order valence-electron chi connectivity index (χ1n) is 11.4. The molecular weight excluding hydrogens is 493 g/mol. The van der Waals surface area contributed by atoms with Crippen LogP contribution in [0.5, 0.6) is 5.75 Å². The second kappa shape index (κ2) is 11.1. The maximum absolute atomic E-state index is 9.98. The largest absolute Gasteiger partial charge is 0.491 e. The molecule has 0 bridgehead atoms. The number of aryl methyl sites for hydroxylation is 2. The summed E-state index contributed by atoms with van der Waals surface area (Å²) in [4.78, 5) is 9.50. The molecule has 0 saturated heterocycles. The van der Waals surface area contributed by atoms with Crippen LogP contribution in [0.15, 0.2) is 22.7 Å². The normalized spacial score (nSPS) is 18.3. The molecule has 1 aliphatic carbocycles. The number of hydrogen-bond acceptors (Lipinski definition) is 9. The van der Waals surface area contributed by atoms with E-state index in [2.05, 4.69) is 15.8 Å². The summed E-state index contributed by atoms with van der Waals surface area (Å²) in [5.74, 6) is 2.01. The molecule has 9 nitrogen and oxygen atoms in total. The first kappa shape index (κ1) is 25.7. The van der Waals surface area contributed by atoms with Gasteiger partial charge in [0, 0.05) is 25.3 Å². The molecule has 1 aromatic carbocycles. The summed E-state index contributed by atoms with van der Waals surface area (Å²) in [5.41, 5.74) is 2.46. The van der Waals surface area contributed by atoms with Crippen LogP contribution in [-0.2, 0) is 4.74 Å². The molecule has 0 spiro atoms. The van der Waals surface area contributed by atoms with Crippen LogP contribution in [0.25, 0.3) is 22.6 Å². The van der Waals surface area contributed by atoms with Crippen LogP contribution in [0.2, 0.25) is 10.0 Å². The number of aromatic nitrogens is 3. The van der Waals surface area contributed by atoms with Crippen LogP contribution in [0.3, 0.4) is 0 Å². The van der Waals surface area contributed by atoms with E-state index in [1.54, 1.807) is 32.4 Å². The number of nitrogens with zero attached hydrogens (tertiary/aromatic N) is 3. The third-order valence-electron chi connectivity index (χ3n) is 5.95. The van der Waals surface area contributed by atoms with Crippen molar-refractivity contribution < 1.29 is 19.1 Å². The number of halogens is 2. The van der Waals surface area contributed by atoms with Crippen LogP contribution >= 0.6 is 23.2 Å². The predicted octanol–water partition coefficient (Wildman–Crippen LogP) is 4.27. The summed E-state index contributed by atoms with van der Waals surface area (Å²) in [6, 6.07) is 5.38. The van der Waals surface area contributed by atoms with Crippen LogP contribution in [-0.4, -0.2) is 65.8 Å². The van der Waals surface area contributed by atoms with Crippen molar-refractivity contribution in [1.29, 1.82) is 0 Å². The molecule has 11 heteroatoms. The van der Waals surface area contributed by atoms with E-state index in [1.807, 2.05) is 13.8 Å². The SMILES string of the molecule is CNC[C@@H](O)COc1ccc(Cl)c(-c2nc(NC3CC(OC)C3)c(Cl)c(-c3c(C)noc3C)n2)c1. The number of aliphatic hydroxyl groups excluding tert-OH is 1. The molecule has 35 heavy (non-hydrogen) atoms. The van der Waals surface area contributed by atoms with Crippen molar-refractivity contribution in [1.82, 2.24) is 20.4 Å². The Morgan fingerprint density at radius 2 is 2.00 bits per heavy atom. The van der Waals surface area contributed by atoms with E-state index in [4.69, 9.17) is 47.2 Å². The lowest BCUT2D eigenvalue weighted by Crippen LogP contribution is -2.40. The highest BCUT2D eigenvalue weighted by Crippen LogP contribution is 2.40. The molecule has 3 N–H and O–H groups in total. The van der Waals surface area contributed by atoms with E-state index < -0.39 is 6.10 Å². The zero-order valence-corrected chi connectivity index (χ0v) is 21.6. The Hall–Kier alpha value is -2.43. The summed E-state index contributed by atoms with van der Waals surface area (Å²) in [6.45, 7) is 4.20. The van der Waals surface area contributed by atoms with Crippen molar-refractivity contribution in [3.63, 3.8) is 0 Å². The molecule has 0 unspecified atom stereocenters. The molecule has 1 fully saturated rings. The lowest BCUT2D eigenvalue weighted by molar-refractivity contribution is 0.0328. The fourth-order valence-electron chi connectivity index (χ4n) is 3.97. The first-order chi connectivity index (χ1) is 16.8. The van der Waals surface area contributed by atoms with Crippen molar-refractivity contribution in [2.75, 3.05) is 32.6 Å². The molecule has 1 atom stereocenters. The van der Waals surface area contributed by atoms with Crippen molar-refractivity contribution in [3.8, 4) is 28.4 Å². The fraction of sp³-hybridized carbons (Fsp3) is 0.458. The predicted molar refractivity (Wildman–Crippen MR) is 135 cm³/mol. The molecule has 0 aliphatic heterocycles. The topological polar surface area (TPSA) is 115 Å². The highest BCUT2D eigenvalue weighted by Gasteiger charge is 2.31. The van der Waals surface area contributed by atoms with E-state index in [0.29, 0.717) is 62.3 Å². The Morgan fingerprint density at radius 1 is 1.23 bits per heavy atom. The van der Waals surface area contributed by atoms with E-state index in [0.717, 1.165) is 12.8 Å².